The van der Waals surface area contributed by atoms with Crippen LogP contribution in [0.5, 0.6) is 5.75 Å². The molecule has 0 saturated carbocycles. The second kappa shape index (κ2) is 8.37. The van der Waals surface area contributed by atoms with E-state index in [0.717, 1.165) is 11.1 Å². The number of halogens is 2. The number of carbonyl (C=O) groups excluding carboxylic acids is 1. The largest absolute Gasteiger partial charge is 0.496 e. The van der Waals surface area contributed by atoms with Gasteiger partial charge >= 0.3 is 0 Å². The molecule has 5 nitrogen and oxygen atoms in total. The number of methoxy groups -OCH3 is 1. The van der Waals surface area contributed by atoms with E-state index in [4.69, 9.17) is 27.9 Å². The normalized spacial score (nSPS) is 10.5. The van der Waals surface area contributed by atoms with Gasteiger partial charge in [0.15, 0.2) is 5.69 Å². The van der Waals surface area contributed by atoms with Crippen LogP contribution in [0.4, 0.5) is 5.69 Å². The predicted molar refractivity (Wildman–Crippen MR) is 107 cm³/mol. The quantitative estimate of drug-likeness (QED) is 0.606. The first kappa shape index (κ1) is 19.1. The molecule has 0 aliphatic carbocycles. The summed E-state index contributed by atoms with van der Waals surface area (Å²) in [6.07, 6.45) is 1.55. The monoisotopic (exact) mass is 401 g/mol. The van der Waals surface area contributed by atoms with Crippen LogP contribution in [-0.4, -0.2) is 23.2 Å². The molecule has 1 amide bonds. The van der Waals surface area contributed by atoms with Crippen molar-refractivity contribution in [1.82, 2.24) is 10.2 Å². The molecular weight excluding hydrogens is 385 g/mol. The molecule has 0 atom stereocenters. The molecule has 0 spiro atoms. The van der Waals surface area contributed by atoms with Crippen LogP contribution < -0.4 is 9.64 Å². The van der Waals surface area contributed by atoms with Crippen molar-refractivity contribution in [3.05, 3.63) is 81.6 Å². The van der Waals surface area contributed by atoms with E-state index in [9.17, 15) is 4.79 Å². The fourth-order valence-electron chi connectivity index (χ4n) is 2.71. The lowest BCUT2D eigenvalue weighted by atomic mass is 10.1. The number of aryl methyl sites for hydroxylation is 1. The highest BCUT2D eigenvalue weighted by Gasteiger charge is 2.23. The minimum absolute atomic E-state index is 0.259. The summed E-state index contributed by atoms with van der Waals surface area (Å²) in [6, 6.07) is 14.2. The van der Waals surface area contributed by atoms with E-state index >= 15 is 0 Å². The lowest BCUT2D eigenvalue weighted by Crippen LogP contribution is -2.32. The molecule has 1 aromatic heterocycles. The van der Waals surface area contributed by atoms with Gasteiger partial charge in [-0.25, -0.2) is 0 Å². The van der Waals surface area contributed by atoms with Gasteiger partial charge in [-0.3, -0.25) is 4.79 Å². The first-order valence-electron chi connectivity index (χ1n) is 8.17. The summed E-state index contributed by atoms with van der Waals surface area (Å²) in [6.45, 7) is 2.07. The summed E-state index contributed by atoms with van der Waals surface area (Å²) in [4.78, 5) is 14.9. The number of carbonyl (C=O) groups is 1. The molecule has 0 N–H and O–H groups in total. The van der Waals surface area contributed by atoms with Gasteiger partial charge in [0, 0.05) is 27.5 Å². The third-order valence-electron chi connectivity index (χ3n) is 4.05. The molecule has 0 radical (unpaired) electrons. The van der Waals surface area contributed by atoms with E-state index < -0.39 is 0 Å². The van der Waals surface area contributed by atoms with Crippen LogP contribution in [-0.2, 0) is 6.54 Å². The van der Waals surface area contributed by atoms with Crippen LogP contribution in [0.25, 0.3) is 0 Å². The number of nitrogens with zero attached hydrogens (tertiary/aromatic N) is 3. The summed E-state index contributed by atoms with van der Waals surface area (Å²) >= 11 is 12.3. The lowest BCUT2D eigenvalue weighted by Gasteiger charge is -2.24. The molecule has 27 heavy (non-hydrogen) atoms. The number of hydrogen-bond acceptors (Lipinski definition) is 4. The Morgan fingerprint density at radius 2 is 1.81 bits per heavy atom. The van der Waals surface area contributed by atoms with Gasteiger partial charge in [0.1, 0.15) is 5.75 Å². The lowest BCUT2D eigenvalue weighted by molar-refractivity contribution is 0.0978. The van der Waals surface area contributed by atoms with Crippen molar-refractivity contribution in [2.45, 2.75) is 13.5 Å². The Labute approximate surface area is 167 Å². The van der Waals surface area contributed by atoms with Crippen molar-refractivity contribution in [1.29, 1.82) is 0 Å². The highest BCUT2D eigenvalue weighted by Crippen LogP contribution is 2.29. The number of aromatic nitrogens is 2. The van der Waals surface area contributed by atoms with Gasteiger partial charge in [-0.15, -0.1) is 5.10 Å². The Balaban J connectivity index is 2.08. The van der Waals surface area contributed by atoms with Gasteiger partial charge in [-0.1, -0.05) is 41.4 Å². The fourth-order valence-corrected chi connectivity index (χ4v) is 3.23. The molecule has 0 fully saturated rings. The summed E-state index contributed by atoms with van der Waals surface area (Å²) < 4.78 is 5.42. The standard InChI is InChI=1S/C20H17Cl2N3O2/c1-13-7-8-23-24-19(13)20(26)25(17-10-15(21)9-16(22)11-17)12-14-5-3-4-6-18(14)27-2/h3-11H,12H2,1-2H3. The highest BCUT2D eigenvalue weighted by atomic mass is 35.5. The smallest absolute Gasteiger partial charge is 0.279 e. The first-order valence-corrected chi connectivity index (χ1v) is 8.93. The molecule has 1 heterocycles. The van der Waals surface area contributed by atoms with Crippen molar-refractivity contribution < 1.29 is 9.53 Å². The number of rotatable bonds is 5. The average Bonchev–Trinajstić information content (AvgIpc) is 2.65. The third kappa shape index (κ3) is 4.38. The first-order chi connectivity index (χ1) is 13.0. The molecule has 0 aliphatic rings. The van der Waals surface area contributed by atoms with Crippen LogP contribution >= 0.6 is 23.2 Å². The number of amides is 1. The molecular formula is C20H17Cl2N3O2. The van der Waals surface area contributed by atoms with Gasteiger partial charge in [-0.2, -0.15) is 5.10 Å². The van der Waals surface area contributed by atoms with Crippen LogP contribution in [0.2, 0.25) is 10.0 Å². The third-order valence-corrected chi connectivity index (χ3v) is 4.49. The zero-order valence-electron chi connectivity index (χ0n) is 14.8. The van der Waals surface area contributed by atoms with E-state index in [1.165, 1.54) is 0 Å². The predicted octanol–water partition coefficient (Wildman–Crippen LogP) is 4.95. The minimum Gasteiger partial charge on any atom is -0.496 e. The van der Waals surface area contributed by atoms with Crippen molar-refractivity contribution in [2.75, 3.05) is 12.0 Å². The van der Waals surface area contributed by atoms with Crippen LogP contribution in [0.3, 0.4) is 0 Å². The minimum atomic E-state index is -0.301. The van der Waals surface area contributed by atoms with E-state index in [-0.39, 0.29) is 18.1 Å². The maximum atomic E-state index is 13.3. The van der Waals surface area contributed by atoms with Crippen molar-refractivity contribution in [2.24, 2.45) is 0 Å². The van der Waals surface area contributed by atoms with Crippen LogP contribution in [0.15, 0.2) is 54.7 Å². The van der Waals surface area contributed by atoms with Crippen molar-refractivity contribution >= 4 is 34.8 Å². The summed E-state index contributed by atoms with van der Waals surface area (Å²) in [5, 5.41) is 8.73. The van der Waals surface area contributed by atoms with E-state index in [0.29, 0.717) is 21.5 Å². The summed E-state index contributed by atoms with van der Waals surface area (Å²) in [5.41, 5.74) is 2.40. The molecule has 0 saturated heterocycles. The highest BCUT2D eigenvalue weighted by molar-refractivity contribution is 6.35. The molecule has 3 rings (SSSR count). The maximum Gasteiger partial charge on any atom is 0.279 e. The second-order valence-electron chi connectivity index (χ2n) is 5.89. The number of hydrogen-bond donors (Lipinski definition) is 0. The van der Waals surface area contributed by atoms with Gasteiger partial charge in [0.25, 0.3) is 5.91 Å². The van der Waals surface area contributed by atoms with Crippen molar-refractivity contribution in [3.8, 4) is 5.75 Å². The average molecular weight is 402 g/mol. The Morgan fingerprint density at radius 3 is 2.48 bits per heavy atom. The summed E-state index contributed by atoms with van der Waals surface area (Å²) in [5.74, 6) is 0.379. The number of para-hydroxylation sites is 1. The Kier molecular flexibility index (Phi) is 5.94. The van der Waals surface area contributed by atoms with E-state index in [1.54, 1.807) is 42.5 Å². The van der Waals surface area contributed by atoms with Crippen LogP contribution in [0, 0.1) is 6.92 Å². The molecule has 0 unspecified atom stereocenters. The topological polar surface area (TPSA) is 55.3 Å². The fraction of sp³-hybridized carbons (Fsp3) is 0.150. The van der Waals surface area contributed by atoms with E-state index in [2.05, 4.69) is 10.2 Å². The Bertz CT molecular complexity index is 959. The molecule has 7 heteroatoms. The zero-order chi connectivity index (χ0) is 19.4. The van der Waals surface area contributed by atoms with E-state index in [1.807, 2.05) is 31.2 Å². The number of anilines is 1. The van der Waals surface area contributed by atoms with Gasteiger partial charge in [-0.05, 0) is 42.8 Å². The number of benzene rings is 2. The SMILES string of the molecule is COc1ccccc1CN(C(=O)c1nnccc1C)c1cc(Cl)cc(Cl)c1. The van der Waals surface area contributed by atoms with Gasteiger partial charge < -0.3 is 9.64 Å². The van der Waals surface area contributed by atoms with Crippen LogP contribution in [0.1, 0.15) is 21.6 Å². The molecule has 138 valence electrons. The molecule has 0 aliphatic heterocycles. The second-order valence-corrected chi connectivity index (χ2v) is 6.77. The molecule has 3 aromatic rings. The molecule has 0 bridgehead atoms. The summed E-state index contributed by atoms with van der Waals surface area (Å²) in [7, 11) is 1.59. The maximum absolute atomic E-state index is 13.3. The van der Waals surface area contributed by atoms with Gasteiger partial charge in [0.2, 0.25) is 0 Å². The van der Waals surface area contributed by atoms with Gasteiger partial charge in [0.05, 0.1) is 13.7 Å². The Morgan fingerprint density at radius 1 is 1.11 bits per heavy atom. The zero-order valence-corrected chi connectivity index (χ0v) is 16.3. The van der Waals surface area contributed by atoms with Crippen molar-refractivity contribution in [3.63, 3.8) is 0 Å². The number of ether oxygens (including phenoxy) is 1. The molecule has 2 aromatic carbocycles. The Hall–Kier alpha value is -2.63.